The molecular weight excluding hydrogens is 196 g/mol. The van der Waals surface area contributed by atoms with Crippen molar-refractivity contribution in [3.63, 3.8) is 0 Å². The van der Waals surface area contributed by atoms with Crippen LogP contribution in [0.15, 0.2) is 4.99 Å². The lowest BCUT2D eigenvalue weighted by atomic mass is 8.96. The van der Waals surface area contributed by atoms with Crippen LogP contribution in [0.3, 0.4) is 0 Å². The molecule has 6 aliphatic carbocycles. The summed E-state index contributed by atoms with van der Waals surface area (Å²) < 4.78 is 0. The SMILES string of the molecule is O=C=NC12C3C4C1C1C2C3C41NC(=O)O. The quantitative estimate of drug-likeness (QED) is 0.484. The van der Waals surface area contributed by atoms with Crippen LogP contribution >= 0.6 is 0 Å². The van der Waals surface area contributed by atoms with Crippen molar-refractivity contribution in [1.82, 2.24) is 5.32 Å². The van der Waals surface area contributed by atoms with Gasteiger partial charge in [-0.1, -0.05) is 0 Å². The normalized spacial score (nSPS) is 71.7. The number of carboxylic acid groups (broad SMARTS) is 1. The Morgan fingerprint density at radius 1 is 1.20 bits per heavy atom. The summed E-state index contributed by atoms with van der Waals surface area (Å²) in [6, 6.07) is 0. The van der Waals surface area contributed by atoms with Crippen molar-refractivity contribution < 1.29 is 14.7 Å². The molecule has 6 fully saturated rings. The van der Waals surface area contributed by atoms with Crippen LogP contribution in [0.5, 0.6) is 0 Å². The number of nitrogens with one attached hydrogen (secondary N) is 1. The van der Waals surface area contributed by atoms with E-state index in [9.17, 15) is 9.59 Å². The first-order chi connectivity index (χ1) is 7.21. The highest BCUT2D eigenvalue weighted by Crippen LogP contribution is 3.04. The Bertz CT molecular complexity index is 439. The molecule has 5 heteroatoms. The third kappa shape index (κ3) is 0.314. The Kier molecular flexibility index (Phi) is 0.668. The molecule has 0 heterocycles. The Labute approximate surface area is 84.6 Å². The Balaban J connectivity index is 1.54. The van der Waals surface area contributed by atoms with Gasteiger partial charge in [0.2, 0.25) is 6.08 Å². The predicted molar refractivity (Wildman–Crippen MR) is 45.7 cm³/mol. The fourth-order valence-electron chi connectivity index (χ4n) is 6.21. The van der Waals surface area contributed by atoms with Gasteiger partial charge >= 0.3 is 6.09 Å². The van der Waals surface area contributed by atoms with E-state index in [1.807, 2.05) is 0 Å². The molecule has 0 aliphatic heterocycles. The van der Waals surface area contributed by atoms with Crippen molar-refractivity contribution in [1.29, 1.82) is 0 Å². The van der Waals surface area contributed by atoms with E-state index in [0.717, 1.165) is 0 Å². The molecule has 0 aromatic rings. The van der Waals surface area contributed by atoms with Crippen LogP contribution in [0.2, 0.25) is 0 Å². The van der Waals surface area contributed by atoms with E-state index < -0.39 is 6.09 Å². The summed E-state index contributed by atoms with van der Waals surface area (Å²) in [5.74, 6) is 2.99. The van der Waals surface area contributed by atoms with Crippen LogP contribution in [0.1, 0.15) is 0 Å². The number of carbonyl (C=O) groups is 1. The predicted octanol–water partition coefficient (Wildman–Crippen LogP) is -0.167. The number of isocyanates is 1. The van der Waals surface area contributed by atoms with Gasteiger partial charge in [-0.05, 0) is 35.5 Å². The minimum atomic E-state index is -0.904. The van der Waals surface area contributed by atoms with E-state index >= 15 is 0 Å². The van der Waals surface area contributed by atoms with Gasteiger partial charge in [-0.3, -0.25) is 0 Å². The molecule has 0 spiro atoms. The topological polar surface area (TPSA) is 78.8 Å². The third-order valence-corrected chi connectivity index (χ3v) is 6.14. The lowest BCUT2D eigenvalue weighted by Gasteiger charge is -3.09. The smallest absolute Gasteiger partial charge is 0.405 e. The second-order valence-corrected chi connectivity index (χ2v) is 5.61. The molecule has 0 radical (unpaired) electrons. The molecule has 6 saturated carbocycles. The van der Waals surface area contributed by atoms with E-state index in [4.69, 9.17) is 5.11 Å². The lowest BCUT2D eigenvalue weighted by Crippen LogP contribution is -3.17. The monoisotopic (exact) mass is 204 g/mol. The summed E-state index contributed by atoms with van der Waals surface area (Å²) in [4.78, 5) is 25.0. The van der Waals surface area contributed by atoms with E-state index in [-0.39, 0.29) is 11.1 Å². The lowest BCUT2D eigenvalue weighted by molar-refractivity contribution is -0.583. The summed E-state index contributed by atoms with van der Waals surface area (Å²) in [7, 11) is 0. The fourth-order valence-corrected chi connectivity index (χ4v) is 6.21. The molecule has 0 atom stereocenters. The molecule has 5 nitrogen and oxygen atoms in total. The van der Waals surface area contributed by atoms with E-state index in [2.05, 4.69) is 10.3 Å². The van der Waals surface area contributed by atoms with Crippen LogP contribution < -0.4 is 5.32 Å². The van der Waals surface area contributed by atoms with Crippen molar-refractivity contribution in [3.05, 3.63) is 0 Å². The van der Waals surface area contributed by atoms with Crippen LogP contribution in [-0.2, 0) is 4.79 Å². The first-order valence-electron chi connectivity index (χ1n) is 5.31. The van der Waals surface area contributed by atoms with Gasteiger partial charge in [-0.2, -0.15) is 4.99 Å². The number of aliphatic imine (C=N–C) groups is 1. The largest absolute Gasteiger partial charge is 0.465 e. The van der Waals surface area contributed by atoms with Crippen molar-refractivity contribution in [2.75, 3.05) is 0 Å². The average molecular weight is 204 g/mol. The molecule has 15 heavy (non-hydrogen) atoms. The molecule has 2 N–H and O–H groups in total. The first kappa shape index (κ1) is 7.01. The molecule has 0 unspecified atom stereocenters. The van der Waals surface area contributed by atoms with Gasteiger partial charge in [0.25, 0.3) is 0 Å². The summed E-state index contributed by atoms with van der Waals surface area (Å²) in [6.45, 7) is 0. The molecule has 6 aliphatic rings. The summed E-state index contributed by atoms with van der Waals surface area (Å²) in [6.07, 6.45) is 0.793. The maximum Gasteiger partial charge on any atom is 0.405 e. The van der Waals surface area contributed by atoms with Gasteiger partial charge in [-0.15, -0.1) is 0 Å². The zero-order valence-electron chi connectivity index (χ0n) is 7.68. The highest BCUT2D eigenvalue weighted by Gasteiger charge is 3.11. The van der Waals surface area contributed by atoms with Crippen molar-refractivity contribution in [2.24, 2.45) is 40.5 Å². The third-order valence-electron chi connectivity index (χ3n) is 6.14. The Morgan fingerprint density at radius 3 is 2.13 bits per heavy atom. The zero-order chi connectivity index (χ0) is 10.2. The highest BCUT2D eigenvalue weighted by atomic mass is 16.4. The molecular formula is C10H8N2O3. The van der Waals surface area contributed by atoms with Crippen LogP contribution in [0, 0.1) is 35.5 Å². The van der Waals surface area contributed by atoms with Gasteiger partial charge in [0.1, 0.15) is 0 Å². The second kappa shape index (κ2) is 1.43. The fraction of sp³-hybridized carbons (Fsp3) is 0.800. The number of rotatable bonds is 2. The van der Waals surface area contributed by atoms with Gasteiger partial charge in [0.15, 0.2) is 0 Å². The molecule has 6 rings (SSSR count). The number of nitrogens with zero attached hydrogens (tertiary/aromatic N) is 1. The second-order valence-electron chi connectivity index (χ2n) is 5.61. The van der Waals surface area contributed by atoms with Crippen molar-refractivity contribution >= 4 is 12.2 Å². The number of carbonyl (C=O) groups excluding carboxylic acids is 1. The highest BCUT2D eigenvalue weighted by molar-refractivity contribution is 5.73. The number of hydrogen-bond acceptors (Lipinski definition) is 3. The maximum absolute atomic E-state index is 10.7. The molecule has 0 aromatic heterocycles. The van der Waals surface area contributed by atoms with Gasteiger partial charge in [0, 0.05) is 0 Å². The summed E-state index contributed by atoms with van der Waals surface area (Å²) >= 11 is 0. The number of hydrogen-bond donors (Lipinski definition) is 2. The average Bonchev–Trinajstić information content (AvgIpc) is 2.22. The van der Waals surface area contributed by atoms with Gasteiger partial charge < -0.3 is 10.4 Å². The van der Waals surface area contributed by atoms with Crippen molar-refractivity contribution in [2.45, 2.75) is 11.1 Å². The van der Waals surface area contributed by atoms with E-state index in [1.54, 1.807) is 6.08 Å². The van der Waals surface area contributed by atoms with Crippen molar-refractivity contribution in [3.8, 4) is 0 Å². The van der Waals surface area contributed by atoms with Crippen LogP contribution in [0.4, 0.5) is 4.79 Å². The molecule has 0 saturated heterocycles. The Hall–Kier alpha value is -1.35. The van der Waals surface area contributed by atoms with E-state index in [1.165, 1.54) is 0 Å². The van der Waals surface area contributed by atoms with Crippen LogP contribution in [0.25, 0.3) is 0 Å². The number of amides is 1. The summed E-state index contributed by atoms with van der Waals surface area (Å²) in [5.41, 5.74) is -0.129. The molecule has 1 amide bonds. The van der Waals surface area contributed by atoms with Crippen LogP contribution in [-0.4, -0.2) is 28.4 Å². The standard InChI is InChI=1S/C10H8N2O3/c13-1-11-9-2-5-3(9)7-4(9)6(2)10(5,7)12-8(14)15/h2-7,12H,(H,14,15). The molecule has 0 aromatic carbocycles. The maximum atomic E-state index is 10.7. The molecule has 0 bridgehead atoms. The molecule has 76 valence electrons. The van der Waals surface area contributed by atoms with Gasteiger partial charge in [-0.25, -0.2) is 9.59 Å². The van der Waals surface area contributed by atoms with E-state index in [0.29, 0.717) is 35.5 Å². The zero-order valence-corrected chi connectivity index (χ0v) is 7.68. The van der Waals surface area contributed by atoms with Gasteiger partial charge in [0.05, 0.1) is 11.1 Å². The summed E-state index contributed by atoms with van der Waals surface area (Å²) in [5, 5.41) is 11.5. The first-order valence-corrected chi connectivity index (χ1v) is 5.31. The Morgan fingerprint density at radius 2 is 1.73 bits per heavy atom. The minimum Gasteiger partial charge on any atom is -0.465 e. The minimum absolute atomic E-state index is 0.0519.